The maximum absolute atomic E-state index is 5.95. The van der Waals surface area contributed by atoms with Crippen molar-refractivity contribution < 1.29 is 0 Å². The molecule has 0 nitrogen and oxygen atoms in total. The van der Waals surface area contributed by atoms with Crippen molar-refractivity contribution >= 4 is 17.7 Å². The monoisotopic (exact) mass is 304 g/mol. The molecule has 0 aliphatic heterocycles. The summed E-state index contributed by atoms with van der Waals surface area (Å²) in [5.41, 5.74) is 4.93. The minimum absolute atomic E-state index is 0.766. The lowest BCUT2D eigenvalue weighted by atomic mass is 10.0. The largest absolute Gasteiger partial charge is 0.0843 e. The molecule has 0 amide bonds. The standard InChI is InChI=1S/C21H17Cl/c22-21-14-12-19(13-15-21)20-11-5-10-18(16-20)9-4-8-17-6-2-1-3-7-17/h1-7,9-16H,8H2/b9-4+. The summed E-state index contributed by atoms with van der Waals surface area (Å²) >= 11 is 5.95. The molecule has 0 radical (unpaired) electrons. The number of rotatable bonds is 4. The van der Waals surface area contributed by atoms with E-state index in [1.807, 2.05) is 18.2 Å². The van der Waals surface area contributed by atoms with E-state index in [-0.39, 0.29) is 0 Å². The van der Waals surface area contributed by atoms with Crippen LogP contribution in [0.5, 0.6) is 0 Å². The van der Waals surface area contributed by atoms with Crippen molar-refractivity contribution in [3.8, 4) is 11.1 Å². The van der Waals surface area contributed by atoms with Crippen molar-refractivity contribution in [1.29, 1.82) is 0 Å². The first-order chi connectivity index (χ1) is 10.8. The molecule has 3 aromatic carbocycles. The number of allylic oxidation sites excluding steroid dienone is 1. The molecule has 0 aliphatic rings. The minimum atomic E-state index is 0.766. The van der Waals surface area contributed by atoms with Crippen LogP contribution in [0.25, 0.3) is 17.2 Å². The fourth-order valence-electron chi connectivity index (χ4n) is 2.41. The van der Waals surface area contributed by atoms with Gasteiger partial charge in [-0.1, -0.05) is 84.4 Å². The van der Waals surface area contributed by atoms with E-state index in [1.165, 1.54) is 22.3 Å². The van der Waals surface area contributed by atoms with Crippen molar-refractivity contribution in [3.05, 3.63) is 101 Å². The molecule has 0 saturated heterocycles. The second-order valence-corrected chi connectivity index (χ2v) is 5.66. The van der Waals surface area contributed by atoms with Crippen LogP contribution in [0.1, 0.15) is 11.1 Å². The average Bonchev–Trinajstić information content (AvgIpc) is 2.57. The van der Waals surface area contributed by atoms with Crippen molar-refractivity contribution in [2.24, 2.45) is 0 Å². The summed E-state index contributed by atoms with van der Waals surface area (Å²) in [7, 11) is 0. The smallest absolute Gasteiger partial charge is 0.0406 e. The third-order valence-corrected chi connectivity index (χ3v) is 3.82. The Bertz CT molecular complexity index is 755. The number of hydrogen-bond acceptors (Lipinski definition) is 0. The third-order valence-electron chi connectivity index (χ3n) is 3.57. The van der Waals surface area contributed by atoms with Gasteiger partial charge in [0.2, 0.25) is 0 Å². The molecule has 0 atom stereocenters. The molecule has 3 rings (SSSR count). The van der Waals surface area contributed by atoms with E-state index in [2.05, 4.69) is 72.8 Å². The molecule has 0 unspecified atom stereocenters. The van der Waals surface area contributed by atoms with Crippen LogP contribution < -0.4 is 0 Å². The Morgan fingerprint density at radius 2 is 1.50 bits per heavy atom. The summed E-state index contributed by atoms with van der Waals surface area (Å²) in [4.78, 5) is 0. The first-order valence-corrected chi connectivity index (χ1v) is 7.75. The Kier molecular flexibility index (Phi) is 4.72. The van der Waals surface area contributed by atoms with E-state index in [1.54, 1.807) is 0 Å². The van der Waals surface area contributed by atoms with Crippen LogP contribution in [0, 0.1) is 0 Å². The third kappa shape index (κ3) is 3.87. The van der Waals surface area contributed by atoms with E-state index >= 15 is 0 Å². The van der Waals surface area contributed by atoms with Gasteiger partial charge in [-0.2, -0.15) is 0 Å². The molecule has 0 saturated carbocycles. The van der Waals surface area contributed by atoms with Gasteiger partial charge in [0.15, 0.2) is 0 Å². The van der Waals surface area contributed by atoms with E-state index in [9.17, 15) is 0 Å². The van der Waals surface area contributed by atoms with Crippen LogP contribution in [0.3, 0.4) is 0 Å². The molecule has 3 aromatic rings. The SMILES string of the molecule is Clc1ccc(-c2cccc(/C=C/Cc3ccccc3)c2)cc1. The Balaban J connectivity index is 1.75. The van der Waals surface area contributed by atoms with Gasteiger partial charge in [-0.15, -0.1) is 0 Å². The summed E-state index contributed by atoms with van der Waals surface area (Å²) in [5, 5.41) is 0.766. The first kappa shape index (κ1) is 14.6. The van der Waals surface area contributed by atoms with Gasteiger partial charge in [-0.3, -0.25) is 0 Å². The van der Waals surface area contributed by atoms with Gasteiger partial charge in [0.25, 0.3) is 0 Å². The lowest BCUT2D eigenvalue weighted by molar-refractivity contribution is 1.28. The number of halogens is 1. The molecule has 0 aliphatic carbocycles. The Morgan fingerprint density at radius 3 is 2.27 bits per heavy atom. The molecule has 0 heterocycles. The second-order valence-electron chi connectivity index (χ2n) is 5.22. The molecule has 0 N–H and O–H groups in total. The van der Waals surface area contributed by atoms with Crippen molar-refractivity contribution in [2.75, 3.05) is 0 Å². The highest BCUT2D eigenvalue weighted by molar-refractivity contribution is 6.30. The maximum atomic E-state index is 5.95. The van der Waals surface area contributed by atoms with Crippen molar-refractivity contribution in [3.63, 3.8) is 0 Å². The lowest BCUT2D eigenvalue weighted by Crippen LogP contribution is -1.81. The number of benzene rings is 3. The van der Waals surface area contributed by atoms with Crippen molar-refractivity contribution in [2.45, 2.75) is 6.42 Å². The van der Waals surface area contributed by atoms with Gasteiger partial charge in [0, 0.05) is 5.02 Å². The highest BCUT2D eigenvalue weighted by Crippen LogP contribution is 2.23. The Hall–Kier alpha value is -2.31. The van der Waals surface area contributed by atoms with E-state index < -0.39 is 0 Å². The quantitative estimate of drug-likeness (QED) is 0.533. The van der Waals surface area contributed by atoms with Crippen LogP contribution in [0.2, 0.25) is 5.02 Å². The summed E-state index contributed by atoms with van der Waals surface area (Å²) in [6.45, 7) is 0. The summed E-state index contributed by atoms with van der Waals surface area (Å²) < 4.78 is 0. The predicted octanol–water partition coefficient (Wildman–Crippen LogP) is 6.26. The highest BCUT2D eigenvalue weighted by atomic mass is 35.5. The molecule has 0 spiro atoms. The zero-order chi connectivity index (χ0) is 15.2. The lowest BCUT2D eigenvalue weighted by Gasteiger charge is -2.03. The Labute approximate surface area is 136 Å². The summed E-state index contributed by atoms with van der Waals surface area (Å²) in [6.07, 6.45) is 5.33. The van der Waals surface area contributed by atoms with E-state index in [0.29, 0.717) is 0 Å². The normalized spacial score (nSPS) is 11.0. The predicted molar refractivity (Wildman–Crippen MR) is 96.1 cm³/mol. The zero-order valence-electron chi connectivity index (χ0n) is 12.2. The second kappa shape index (κ2) is 7.11. The molecule has 108 valence electrons. The molecule has 22 heavy (non-hydrogen) atoms. The minimum Gasteiger partial charge on any atom is -0.0843 e. The van der Waals surface area contributed by atoms with Gasteiger partial charge in [-0.05, 0) is 46.9 Å². The first-order valence-electron chi connectivity index (χ1n) is 7.38. The van der Waals surface area contributed by atoms with Gasteiger partial charge in [-0.25, -0.2) is 0 Å². The summed E-state index contributed by atoms with van der Waals surface area (Å²) in [6, 6.07) is 27.0. The molecular weight excluding hydrogens is 288 g/mol. The van der Waals surface area contributed by atoms with Gasteiger partial charge < -0.3 is 0 Å². The van der Waals surface area contributed by atoms with Crippen LogP contribution in [0.4, 0.5) is 0 Å². The van der Waals surface area contributed by atoms with Gasteiger partial charge >= 0.3 is 0 Å². The topological polar surface area (TPSA) is 0 Å². The Morgan fingerprint density at radius 1 is 0.727 bits per heavy atom. The molecule has 1 heteroatoms. The van der Waals surface area contributed by atoms with Crippen LogP contribution in [-0.4, -0.2) is 0 Å². The van der Waals surface area contributed by atoms with Crippen LogP contribution in [-0.2, 0) is 6.42 Å². The van der Waals surface area contributed by atoms with E-state index in [0.717, 1.165) is 11.4 Å². The van der Waals surface area contributed by atoms with Gasteiger partial charge in [0.05, 0.1) is 0 Å². The molecule has 0 bridgehead atoms. The zero-order valence-corrected chi connectivity index (χ0v) is 13.0. The average molecular weight is 305 g/mol. The maximum Gasteiger partial charge on any atom is 0.0406 e. The fourth-order valence-corrected chi connectivity index (χ4v) is 2.54. The number of hydrogen-bond donors (Lipinski definition) is 0. The molecular formula is C21H17Cl. The fraction of sp³-hybridized carbons (Fsp3) is 0.0476. The highest BCUT2D eigenvalue weighted by Gasteiger charge is 1.98. The van der Waals surface area contributed by atoms with Crippen molar-refractivity contribution in [1.82, 2.24) is 0 Å². The molecule has 0 aromatic heterocycles. The van der Waals surface area contributed by atoms with Crippen LogP contribution in [0.15, 0.2) is 84.9 Å². The van der Waals surface area contributed by atoms with Crippen LogP contribution >= 0.6 is 11.6 Å². The molecule has 0 fully saturated rings. The summed E-state index contributed by atoms with van der Waals surface area (Å²) in [5.74, 6) is 0. The van der Waals surface area contributed by atoms with Gasteiger partial charge in [0.1, 0.15) is 0 Å². The van der Waals surface area contributed by atoms with E-state index in [4.69, 9.17) is 11.6 Å².